The Labute approximate surface area is 117 Å². The fourth-order valence-corrected chi connectivity index (χ4v) is 1.63. The minimum absolute atomic E-state index is 0.199. The predicted molar refractivity (Wildman–Crippen MR) is 71.2 cm³/mol. The van der Waals surface area contributed by atoms with Crippen molar-refractivity contribution in [2.45, 2.75) is 0 Å². The number of tetrazole rings is 1. The number of benzene rings is 1. The summed E-state index contributed by atoms with van der Waals surface area (Å²) in [6.07, 6.45) is 0. The first-order valence-corrected chi connectivity index (χ1v) is 5.85. The zero-order valence-electron chi connectivity index (χ0n) is 10.0. The maximum atomic E-state index is 11.6. The summed E-state index contributed by atoms with van der Waals surface area (Å²) < 4.78 is 1.60. The van der Waals surface area contributed by atoms with Gasteiger partial charge in [-0.15, -0.1) is 0 Å². The van der Waals surface area contributed by atoms with E-state index in [1.54, 1.807) is 24.3 Å². The third-order valence-corrected chi connectivity index (χ3v) is 2.53. The van der Waals surface area contributed by atoms with Crippen molar-refractivity contribution in [2.24, 2.45) is 0 Å². The number of aromatic amines is 1. The number of nitrogens with zero attached hydrogens (tertiary/aromatic N) is 3. The van der Waals surface area contributed by atoms with Gasteiger partial charge in [0.05, 0.1) is 11.4 Å². The van der Waals surface area contributed by atoms with Gasteiger partial charge in [0, 0.05) is 0 Å². The fourth-order valence-electron chi connectivity index (χ4n) is 1.45. The number of nitrogens with one attached hydrogen (secondary N) is 3. The van der Waals surface area contributed by atoms with Crippen LogP contribution < -0.4 is 10.6 Å². The molecule has 0 radical (unpaired) electrons. The highest BCUT2D eigenvalue weighted by Gasteiger charge is 2.10. The number of para-hydroxylation sites is 2. The van der Waals surface area contributed by atoms with Crippen LogP contribution in [0.25, 0.3) is 5.69 Å². The minimum atomic E-state index is -1.13. The molecule has 10 heteroatoms. The maximum absolute atomic E-state index is 11.6. The summed E-state index contributed by atoms with van der Waals surface area (Å²) in [4.78, 5) is 21.9. The Balaban J connectivity index is 2.21. The molecule has 0 saturated heterocycles. The average molecular weight is 294 g/mol. The van der Waals surface area contributed by atoms with Crippen LogP contribution in [0.15, 0.2) is 24.3 Å². The summed E-state index contributed by atoms with van der Waals surface area (Å²) in [5.74, 6) is -1.13. The van der Waals surface area contributed by atoms with E-state index >= 15 is 0 Å². The lowest BCUT2D eigenvalue weighted by atomic mass is 10.2. The van der Waals surface area contributed by atoms with Crippen LogP contribution in [0.3, 0.4) is 0 Å². The smallest absolute Gasteiger partial charge is 0.323 e. The van der Waals surface area contributed by atoms with Crippen molar-refractivity contribution < 1.29 is 14.7 Å². The first-order valence-electron chi connectivity index (χ1n) is 5.44. The molecule has 0 aliphatic heterocycles. The Morgan fingerprint density at radius 2 is 2.15 bits per heavy atom. The molecule has 1 aromatic carbocycles. The van der Waals surface area contributed by atoms with Crippen molar-refractivity contribution >= 4 is 29.9 Å². The van der Waals surface area contributed by atoms with E-state index in [1.165, 1.54) is 4.68 Å². The summed E-state index contributed by atoms with van der Waals surface area (Å²) in [5, 5.41) is 23.0. The fraction of sp³-hybridized carbons (Fsp3) is 0.100. The number of aliphatic carboxylic acids is 1. The third-order valence-electron chi connectivity index (χ3n) is 2.26. The number of carbonyl (C=O) groups is 2. The van der Waals surface area contributed by atoms with Crippen LogP contribution in [0.1, 0.15) is 0 Å². The summed E-state index contributed by atoms with van der Waals surface area (Å²) in [7, 11) is 0. The highest BCUT2D eigenvalue weighted by atomic mass is 32.1. The van der Waals surface area contributed by atoms with Gasteiger partial charge in [0.2, 0.25) is 4.77 Å². The van der Waals surface area contributed by atoms with Gasteiger partial charge < -0.3 is 15.7 Å². The molecule has 4 N–H and O–H groups in total. The number of anilines is 1. The maximum Gasteiger partial charge on any atom is 0.323 e. The molecule has 20 heavy (non-hydrogen) atoms. The largest absolute Gasteiger partial charge is 0.480 e. The molecule has 1 heterocycles. The van der Waals surface area contributed by atoms with E-state index in [2.05, 4.69) is 26.2 Å². The van der Waals surface area contributed by atoms with E-state index in [0.717, 1.165) is 0 Å². The summed E-state index contributed by atoms with van der Waals surface area (Å²) in [6, 6.07) is 6.15. The molecule has 0 aliphatic carbocycles. The summed E-state index contributed by atoms with van der Waals surface area (Å²) in [6.45, 7) is -0.473. The molecule has 0 atom stereocenters. The second-order valence-corrected chi connectivity index (χ2v) is 4.00. The molecule has 0 unspecified atom stereocenters. The van der Waals surface area contributed by atoms with Crippen LogP contribution in [0.4, 0.5) is 10.5 Å². The number of amides is 2. The Morgan fingerprint density at radius 3 is 2.80 bits per heavy atom. The minimum Gasteiger partial charge on any atom is -0.480 e. The summed E-state index contributed by atoms with van der Waals surface area (Å²) in [5.41, 5.74) is 0.963. The zero-order chi connectivity index (χ0) is 14.5. The number of aromatic nitrogens is 4. The average Bonchev–Trinajstić information content (AvgIpc) is 2.83. The Morgan fingerprint density at radius 1 is 1.40 bits per heavy atom. The molecule has 9 nitrogen and oxygen atoms in total. The van der Waals surface area contributed by atoms with Crippen molar-refractivity contribution in [3.63, 3.8) is 0 Å². The summed E-state index contributed by atoms with van der Waals surface area (Å²) >= 11 is 4.98. The Bertz CT molecular complexity index is 694. The van der Waals surface area contributed by atoms with Crippen molar-refractivity contribution in [2.75, 3.05) is 11.9 Å². The SMILES string of the molecule is O=C(O)CNC(=O)Nc1ccccc1-n1[nH]nnc1=S. The van der Waals surface area contributed by atoms with Gasteiger partial charge in [0.15, 0.2) is 0 Å². The molecule has 0 fully saturated rings. The van der Waals surface area contributed by atoms with E-state index in [9.17, 15) is 9.59 Å². The molecule has 2 aromatic rings. The molecule has 0 spiro atoms. The number of hydrogen-bond acceptors (Lipinski definition) is 5. The topological polar surface area (TPSA) is 125 Å². The molecular formula is C10H10N6O3S. The van der Waals surface area contributed by atoms with Crippen LogP contribution in [0.2, 0.25) is 0 Å². The van der Waals surface area contributed by atoms with Crippen LogP contribution in [0, 0.1) is 4.77 Å². The van der Waals surface area contributed by atoms with Gasteiger partial charge in [0.1, 0.15) is 6.54 Å². The van der Waals surface area contributed by atoms with Gasteiger partial charge >= 0.3 is 12.0 Å². The van der Waals surface area contributed by atoms with Crippen LogP contribution in [0.5, 0.6) is 0 Å². The van der Waals surface area contributed by atoms with Crippen molar-refractivity contribution in [1.29, 1.82) is 0 Å². The molecule has 0 aliphatic rings. The zero-order valence-corrected chi connectivity index (χ0v) is 10.8. The molecule has 2 rings (SSSR count). The van der Waals surface area contributed by atoms with Crippen molar-refractivity contribution in [3.05, 3.63) is 29.0 Å². The van der Waals surface area contributed by atoms with Gasteiger partial charge in [-0.2, -0.15) is 5.21 Å². The third kappa shape index (κ3) is 3.17. The number of carboxylic acids is 1. The van der Waals surface area contributed by atoms with E-state index in [1.807, 2.05) is 0 Å². The van der Waals surface area contributed by atoms with Crippen LogP contribution in [-0.2, 0) is 4.79 Å². The number of carboxylic acid groups (broad SMARTS) is 1. The van der Waals surface area contributed by atoms with E-state index in [0.29, 0.717) is 11.4 Å². The lowest BCUT2D eigenvalue weighted by Gasteiger charge is -2.10. The number of hydrogen-bond donors (Lipinski definition) is 4. The highest BCUT2D eigenvalue weighted by molar-refractivity contribution is 7.71. The van der Waals surface area contributed by atoms with E-state index in [-0.39, 0.29) is 4.77 Å². The van der Waals surface area contributed by atoms with E-state index in [4.69, 9.17) is 17.3 Å². The first kappa shape index (κ1) is 13.7. The van der Waals surface area contributed by atoms with Gasteiger partial charge in [-0.05, 0) is 24.4 Å². The first-order chi connectivity index (χ1) is 9.58. The van der Waals surface area contributed by atoms with Gasteiger partial charge in [-0.25, -0.2) is 9.48 Å². The Kier molecular flexibility index (Phi) is 4.05. The molecule has 2 amide bonds. The lowest BCUT2D eigenvalue weighted by molar-refractivity contribution is -0.135. The van der Waals surface area contributed by atoms with Crippen molar-refractivity contribution in [3.8, 4) is 5.69 Å². The molecule has 0 bridgehead atoms. The van der Waals surface area contributed by atoms with Gasteiger partial charge in [-0.3, -0.25) is 4.79 Å². The second kappa shape index (κ2) is 5.93. The quantitative estimate of drug-likeness (QED) is 0.610. The Hall–Kier alpha value is -2.75. The molecule has 1 aromatic heterocycles. The van der Waals surface area contributed by atoms with E-state index < -0.39 is 18.5 Å². The number of carbonyl (C=O) groups excluding carboxylic acids is 1. The van der Waals surface area contributed by atoms with Crippen LogP contribution >= 0.6 is 12.2 Å². The number of rotatable bonds is 4. The van der Waals surface area contributed by atoms with Gasteiger partial charge in [-0.1, -0.05) is 22.4 Å². The predicted octanol–water partition coefficient (Wildman–Crippen LogP) is 0.531. The number of urea groups is 1. The normalized spacial score (nSPS) is 10.0. The molecular weight excluding hydrogens is 284 g/mol. The highest BCUT2D eigenvalue weighted by Crippen LogP contribution is 2.18. The van der Waals surface area contributed by atoms with Gasteiger partial charge in [0.25, 0.3) is 0 Å². The lowest BCUT2D eigenvalue weighted by Crippen LogP contribution is -2.33. The molecule has 0 saturated carbocycles. The van der Waals surface area contributed by atoms with Crippen molar-refractivity contribution in [1.82, 2.24) is 25.5 Å². The standard InChI is InChI=1S/C10H10N6O3S/c17-8(18)5-11-9(19)12-6-3-1-2-4-7(6)16-10(20)13-14-15-16/h1-4H,5H2,(H,17,18)(H2,11,12,19)(H,13,15,20). The monoisotopic (exact) mass is 294 g/mol. The van der Waals surface area contributed by atoms with Crippen LogP contribution in [-0.4, -0.2) is 43.9 Å². The molecule has 104 valence electrons. The number of H-pyrrole nitrogens is 1. The second-order valence-electron chi connectivity index (χ2n) is 3.64.